The number of para-hydroxylation sites is 1. The third-order valence-electron chi connectivity index (χ3n) is 6.08. The van der Waals surface area contributed by atoms with Crippen molar-refractivity contribution in [1.29, 1.82) is 0 Å². The van der Waals surface area contributed by atoms with Crippen LogP contribution in [-0.4, -0.2) is 66.8 Å². The molecule has 1 fully saturated rings. The number of fused-ring (bicyclic) bond motifs is 2. The van der Waals surface area contributed by atoms with Crippen molar-refractivity contribution in [2.75, 3.05) is 20.1 Å². The first-order valence-electron chi connectivity index (χ1n) is 10.5. The third kappa shape index (κ3) is 3.73. The van der Waals surface area contributed by atoms with Gasteiger partial charge < -0.3 is 14.6 Å². The number of carbonyl (C=O) groups excluding carboxylic acids is 1. The van der Waals surface area contributed by atoms with E-state index in [9.17, 15) is 9.90 Å². The van der Waals surface area contributed by atoms with Crippen LogP contribution in [0.25, 0.3) is 10.2 Å². The number of likely N-dealkylation sites (N-methyl/N-ethyl adjacent to an activating group) is 1. The molecule has 0 spiro atoms. The summed E-state index contributed by atoms with van der Waals surface area (Å²) in [4.78, 5) is 21.4. The van der Waals surface area contributed by atoms with Crippen LogP contribution < -0.4 is 0 Å². The number of aromatic nitrogens is 4. The first-order chi connectivity index (χ1) is 14.6. The van der Waals surface area contributed by atoms with E-state index < -0.39 is 0 Å². The topological polar surface area (TPSA) is 87.4 Å². The molecule has 2 aliphatic heterocycles. The monoisotopic (exact) mass is 426 g/mol. The number of rotatable bonds is 5. The molecule has 1 aromatic carbocycles. The molecule has 30 heavy (non-hydrogen) atoms. The van der Waals surface area contributed by atoms with E-state index >= 15 is 0 Å². The summed E-state index contributed by atoms with van der Waals surface area (Å²) in [5, 5.41) is 19.8. The number of aryl methyl sites for hydroxylation is 1. The predicted octanol–water partition coefficient (Wildman–Crippen LogP) is 1.99. The highest BCUT2D eigenvalue weighted by Gasteiger charge is 2.35. The van der Waals surface area contributed by atoms with E-state index in [0.717, 1.165) is 35.0 Å². The molecule has 2 aromatic heterocycles. The maximum Gasteiger partial charge on any atom is 0.223 e. The number of aliphatic hydroxyl groups excluding tert-OH is 1. The molecule has 4 heterocycles. The molecule has 0 aliphatic carbocycles. The fourth-order valence-corrected chi connectivity index (χ4v) is 5.50. The van der Waals surface area contributed by atoms with Crippen molar-refractivity contribution in [3.05, 3.63) is 40.9 Å². The Morgan fingerprint density at radius 1 is 1.27 bits per heavy atom. The van der Waals surface area contributed by atoms with Gasteiger partial charge in [0.15, 0.2) is 11.6 Å². The van der Waals surface area contributed by atoms with Gasteiger partial charge in [-0.2, -0.15) is 0 Å². The van der Waals surface area contributed by atoms with Gasteiger partial charge in [-0.3, -0.25) is 9.69 Å². The van der Waals surface area contributed by atoms with Crippen molar-refractivity contribution in [3.8, 4) is 0 Å². The molecule has 1 N–H and O–H groups in total. The van der Waals surface area contributed by atoms with Gasteiger partial charge in [-0.25, -0.2) is 4.98 Å². The maximum absolute atomic E-state index is 12.7. The zero-order chi connectivity index (χ0) is 20.7. The first-order valence-corrected chi connectivity index (χ1v) is 11.3. The van der Waals surface area contributed by atoms with Gasteiger partial charge in [0.05, 0.1) is 33.9 Å². The van der Waals surface area contributed by atoms with Crippen LogP contribution in [0, 0.1) is 0 Å². The normalized spacial score (nSPS) is 22.0. The maximum atomic E-state index is 12.7. The molecule has 3 aromatic rings. The summed E-state index contributed by atoms with van der Waals surface area (Å²) >= 11 is 1.71. The van der Waals surface area contributed by atoms with Gasteiger partial charge >= 0.3 is 0 Å². The zero-order valence-corrected chi connectivity index (χ0v) is 17.9. The van der Waals surface area contributed by atoms with Crippen molar-refractivity contribution in [1.82, 2.24) is 29.5 Å². The Hall–Kier alpha value is -2.36. The van der Waals surface area contributed by atoms with Gasteiger partial charge in [0.2, 0.25) is 5.91 Å². The molecule has 5 rings (SSSR count). The Kier molecular flexibility index (Phi) is 5.26. The smallest absolute Gasteiger partial charge is 0.223 e. The average molecular weight is 427 g/mol. The van der Waals surface area contributed by atoms with Crippen LogP contribution in [0.1, 0.15) is 42.0 Å². The quantitative estimate of drug-likeness (QED) is 0.671. The number of amides is 1. The van der Waals surface area contributed by atoms with E-state index in [1.54, 1.807) is 11.3 Å². The predicted molar refractivity (Wildman–Crippen MR) is 114 cm³/mol. The zero-order valence-electron chi connectivity index (χ0n) is 17.1. The van der Waals surface area contributed by atoms with Crippen LogP contribution in [0.5, 0.6) is 0 Å². The van der Waals surface area contributed by atoms with Gasteiger partial charge in [-0.15, -0.1) is 21.5 Å². The number of nitrogens with zero attached hydrogens (tertiary/aromatic N) is 6. The molecule has 2 atom stereocenters. The SMILES string of the molecule is CN1C[C@H](O)C[C@H]1c1nnc2n1CCN(C(=O)CCCc1nc3ccccc3s1)C2. The van der Waals surface area contributed by atoms with E-state index in [1.165, 1.54) is 4.70 Å². The molecule has 158 valence electrons. The average Bonchev–Trinajstić information content (AvgIpc) is 3.43. The molecule has 0 bridgehead atoms. The summed E-state index contributed by atoms with van der Waals surface area (Å²) in [7, 11) is 2.01. The molecular weight excluding hydrogens is 400 g/mol. The van der Waals surface area contributed by atoms with E-state index in [2.05, 4.69) is 30.7 Å². The number of hydrogen-bond acceptors (Lipinski definition) is 7. The molecule has 9 heteroatoms. The number of benzene rings is 1. The van der Waals surface area contributed by atoms with E-state index in [0.29, 0.717) is 39.0 Å². The van der Waals surface area contributed by atoms with Crippen molar-refractivity contribution in [2.45, 2.75) is 50.9 Å². The fourth-order valence-electron chi connectivity index (χ4n) is 4.49. The Balaban J connectivity index is 1.17. The second-order valence-electron chi connectivity index (χ2n) is 8.22. The van der Waals surface area contributed by atoms with E-state index in [4.69, 9.17) is 0 Å². The summed E-state index contributed by atoms with van der Waals surface area (Å²) in [5.41, 5.74) is 1.04. The van der Waals surface area contributed by atoms with Crippen LogP contribution in [-0.2, 0) is 24.3 Å². The second kappa shape index (κ2) is 8.05. The Labute approximate surface area is 179 Å². The summed E-state index contributed by atoms with van der Waals surface area (Å²) in [6.45, 7) is 2.55. The van der Waals surface area contributed by atoms with Gasteiger partial charge in [-0.1, -0.05) is 12.1 Å². The molecular formula is C21H26N6O2S. The number of likely N-dealkylation sites (tertiary alicyclic amines) is 1. The van der Waals surface area contributed by atoms with Crippen molar-refractivity contribution < 1.29 is 9.90 Å². The molecule has 1 saturated heterocycles. The van der Waals surface area contributed by atoms with Crippen LogP contribution >= 0.6 is 11.3 Å². The number of carbonyl (C=O) groups is 1. The van der Waals surface area contributed by atoms with Crippen LogP contribution in [0.4, 0.5) is 0 Å². The van der Waals surface area contributed by atoms with Gasteiger partial charge in [0.1, 0.15) is 0 Å². The lowest BCUT2D eigenvalue weighted by Crippen LogP contribution is -2.39. The molecule has 0 unspecified atom stereocenters. The lowest BCUT2D eigenvalue weighted by molar-refractivity contribution is -0.132. The highest BCUT2D eigenvalue weighted by molar-refractivity contribution is 7.18. The van der Waals surface area contributed by atoms with Gasteiger partial charge in [0, 0.05) is 26.1 Å². The first kappa shape index (κ1) is 19.6. The fraction of sp³-hybridized carbons (Fsp3) is 0.524. The Bertz CT molecular complexity index is 1030. The van der Waals surface area contributed by atoms with E-state index in [1.807, 2.05) is 30.1 Å². The minimum Gasteiger partial charge on any atom is -0.392 e. The van der Waals surface area contributed by atoms with Crippen molar-refractivity contribution in [3.63, 3.8) is 0 Å². The highest BCUT2D eigenvalue weighted by atomic mass is 32.1. The Morgan fingerprint density at radius 3 is 2.93 bits per heavy atom. The highest BCUT2D eigenvalue weighted by Crippen LogP contribution is 2.31. The van der Waals surface area contributed by atoms with Gasteiger partial charge in [0.25, 0.3) is 0 Å². The lowest BCUT2D eigenvalue weighted by Gasteiger charge is -2.29. The molecule has 0 radical (unpaired) electrons. The summed E-state index contributed by atoms with van der Waals surface area (Å²) in [6.07, 6.45) is 2.52. The van der Waals surface area contributed by atoms with Crippen LogP contribution in [0.2, 0.25) is 0 Å². The van der Waals surface area contributed by atoms with Crippen LogP contribution in [0.15, 0.2) is 24.3 Å². The summed E-state index contributed by atoms with van der Waals surface area (Å²) < 4.78 is 3.33. The number of thiazole rings is 1. The van der Waals surface area contributed by atoms with Gasteiger partial charge in [-0.05, 0) is 38.4 Å². The van der Waals surface area contributed by atoms with Crippen LogP contribution in [0.3, 0.4) is 0 Å². The molecule has 1 amide bonds. The second-order valence-corrected chi connectivity index (χ2v) is 9.33. The van der Waals surface area contributed by atoms with Crippen molar-refractivity contribution in [2.24, 2.45) is 0 Å². The molecule has 8 nitrogen and oxygen atoms in total. The summed E-state index contributed by atoms with van der Waals surface area (Å²) in [5.74, 6) is 1.91. The summed E-state index contributed by atoms with van der Waals surface area (Å²) in [6, 6.07) is 8.24. The molecule has 0 saturated carbocycles. The third-order valence-corrected chi connectivity index (χ3v) is 7.17. The largest absolute Gasteiger partial charge is 0.392 e. The minimum atomic E-state index is -0.315. The van der Waals surface area contributed by atoms with Crippen molar-refractivity contribution >= 4 is 27.5 Å². The number of β-amino-alcohol motifs (C(OH)–C–C–N with tert-alkyl or cyclic N) is 1. The number of hydrogen-bond donors (Lipinski definition) is 1. The number of aliphatic hydroxyl groups is 1. The minimum absolute atomic E-state index is 0.0947. The molecule has 2 aliphatic rings. The lowest BCUT2D eigenvalue weighted by atomic mass is 10.1. The van der Waals surface area contributed by atoms with E-state index in [-0.39, 0.29) is 18.1 Å². The standard InChI is InChI=1S/C21H26N6O2S/c1-25-12-14(28)11-16(25)21-24-23-18-13-26(9-10-27(18)21)20(29)8-4-7-19-22-15-5-2-3-6-17(15)30-19/h2-3,5-6,14,16,28H,4,7-13H2,1H3/t14-,16+/m1/s1. The Morgan fingerprint density at radius 2 is 2.13 bits per heavy atom.